The van der Waals surface area contributed by atoms with E-state index in [-0.39, 0.29) is 13.2 Å². The largest absolute Gasteiger partial charge is 0.444 e. The fourth-order valence-corrected chi connectivity index (χ4v) is 4.52. The molecule has 0 bridgehead atoms. The highest BCUT2D eigenvalue weighted by Crippen LogP contribution is 2.41. The van der Waals surface area contributed by atoms with E-state index >= 15 is 4.39 Å². The van der Waals surface area contributed by atoms with Crippen LogP contribution in [0.2, 0.25) is 0 Å². The van der Waals surface area contributed by atoms with Gasteiger partial charge in [-0.25, -0.2) is 9.18 Å². The maximum Gasteiger partial charge on any atom is 0.410 e. The molecule has 1 amide bonds. The first kappa shape index (κ1) is 27.1. The van der Waals surface area contributed by atoms with Crippen LogP contribution in [0.25, 0.3) is 11.1 Å². The number of halogens is 1. The second-order valence-corrected chi connectivity index (χ2v) is 10.2. The van der Waals surface area contributed by atoms with Crippen molar-refractivity contribution in [1.29, 1.82) is 0 Å². The summed E-state index contributed by atoms with van der Waals surface area (Å²) in [5, 5.41) is 12.3. The van der Waals surface area contributed by atoms with Crippen LogP contribution in [-0.2, 0) is 19.8 Å². The van der Waals surface area contributed by atoms with Crippen molar-refractivity contribution in [3.8, 4) is 11.1 Å². The summed E-state index contributed by atoms with van der Waals surface area (Å²) >= 11 is 0. The van der Waals surface area contributed by atoms with Crippen LogP contribution >= 0.6 is 0 Å². The van der Waals surface area contributed by atoms with Crippen LogP contribution in [0.3, 0.4) is 0 Å². The zero-order valence-electron chi connectivity index (χ0n) is 21.5. The zero-order chi connectivity index (χ0) is 25.6. The zero-order valence-corrected chi connectivity index (χ0v) is 21.5. The van der Waals surface area contributed by atoms with Gasteiger partial charge in [0.2, 0.25) is 0 Å². The van der Waals surface area contributed by atoms with Gasteiger partial charge in [-0.1, -0.05) is 42.0 Å². The van der Waals surface area contributed by atoms with Gasteiger partial charge in [0, 0.05) is 25.8 Å². The Morgan fingerprint density at radius 2 is 1.94 bits per heavy atom. The van der Waals surface area contributed by atoms with Crippen molar-refractivity contribution in [2.24, 2.45) is 0 Å². The van der Waals surface area contributed by atoms with E-state index in [4.69, 9.17) is 14.2 Å². The van der Waals surface area contributed by atoms with Gasteiger partial charge in [0.1, 0.15) is 23.1 Å². The second-order valence-electron chi connectivity index (χ2n) is 10.2. The third kappa shape index (κ3) is 6.81. The highest BCUT2D eigenvalue weighted by Gasteiger charge is 2.44. The van der Waals surface area contributed by atoms with Crippen molar-refractivity contribution in [1.82, 2.24) is 4.90 Å². The molecular weight excluding hydrogens is 449 g/mol. The number of carbonyl (C=O) groups excluding carboxylic acids is 1. The lowest BCUT2D eigenvalue weighted by molar-refractivity contribution is -0.150. The van der Waals surface area contributed by atoms with E-state index in [9.17, 15) is 9.90 Å². The molecule has 0 radical (unpaired) electrons. The molecule has 1 saturated heterocycles. The summed E-state index contributed by atoms with van der Waals surface area (Å²) in [6.07, 6.45) is 0.491. The Morgan fingerprint density at radius 1 is 1.20 bits per heavy atom. The standard InChI is InChI=1S/C28H38FNO5/c1-20-10-8-11-21(18-20)25-22(12-9-13-23(25)29)28(32,14-6-7-16-33-5)24-19-30(15-17-34-24)26(31)35-27(2,3)4/h8-13,18,24,32H,6-7,14-17,19H2,1-5H3/t24?,28-/m0/s1. The Bertz CT molecular complexity index is 1010. The summed E-state index contributed by atoms with van der Waals surface area (Å²) in [5.41, 5.74) is 0.316. The van der Waals surface area contributed by atoms with E-state index < -0.39 is 29.2 Å². The van der Waals surface area contributed by atoms with Crippen LogP contribution in [0.4, 0.5) is 9.18 Å². The van der Waals surface area contributed by atoms with Crippen molar-refractivity contribution >= 4 is 6.09 Å². The van der Waals surface area contributed by atoms with Gasteiger partial charge in [0.25, 0.3) is 0 Å². The van der Waals surface area contributed by atoms with Crippen LogP contribution in [0.15, 0.2) is 42.5 Å². The summed E-state index contributed by atoms with van der Waals surface area (Å²) in [7, 11) is 1.64. The summed E-state index contributed by atoms with van der Waals surface area (Å²) in [4.78, 5) is 14.4. The van der Waals surface area contributed by atoms with Crippen molar-refractivity contribution in [3.05, 3.63) is 59.4 Å². The third-order valence-corrected chi connectivity index (χ3v) is 6.19. The van der Waals surface area contributed by atoms with Crippen LogP contribution in [0, 0.1) is 12.7 Å². The van der Waals surface area contributed by atoms with E-state index in [1.165, 1.54) is 6.07 Å². The van der Waals surface area contributed by atoms with Gasteiger partial charge in [0.05, 0.1) is 13.2 Å². The highest BCUT2D eigenvalue weighted by molar-refractivity contribution is 5.71. The second kappa shape index (κ2) is 11.5. The van der Waals surface area contributed by atoms with Gasteiger partial charge in [-0.05, 0) is 64.2 Å². The van der Waals surface area contributed by atoms with Crippen molar-refractivity contribution in [2.75, 3.05) is 33.4 Å². The molecule has 2 aromatic rings. The summed E-state index contributed by atoms with van der Waals surface area (Å²) < 4.78 is 32.1. The van der Waals surface area contributed by atoms with Gasteiger partial charge >= 0.3 is 6.09 Å². The minimum atomic E-state index is -1.53. The first-order valence-electron chi connectivity index (χ1n) is 12.2. The van der Waals surface area contributed by atoms with Crippen molar-refractivity contribution < 1.29 is 28.5 Å². The van der Waals surface area contributed by atoms with E-state index in [0.717, 1.165) is 12.0 Å². The number of methoxy groups -OCH3 is 1. The molecule has 3 rings (SSSR count). The molecule has 0 spiro atoms. The lowest BCUT2D eigenvalue weighted by Gasteiger charge is -2.43. The average molecular weight is 488 g/mol. The molecule has 6 nitrogen and oxygen atoms in total. The Kier molecular flexibility index (Phi) is 8.91. The SMILES string of the molecule is COCCCC[C@](O)(c1cccc(F)c1-c1cccc(C)c1)C1CN(C(=O)OC(C)(C)C)CCO1. The summed E-state index contributed by atoms with van der Waals surface area (Å²) in [5.74, 6) is -0.414. The smallest absolute Gasteiger partial charge is 0.410 e. The summed E-state index contributed by atoms with van der Waals surface area (Å²) in [6, 6.07) is 12.3. The molecule has 1 aliphatic heterocycles. The van der Waals surface area contributed by atoms with E-state index in [0.29, 0.717) is 42.7 Å². The van der Waals surface area contributed by atoms with Gasteiger partial charge in [0.15, 0.2) is 0 Å². The Labute approximate surface area is 208 Å². The summed E-state index contributed by atoms with van der Waals surface area (Å²) in [6.45, 7) is 8.70. The van der Waals surface area contributed by atoms with Gasteiger partial charge in [-0.3, -0.25) is 0 Å². The van der Waals surface area contributed by atoms with Crippen LogP contribution in [0.1, 0.15) is 51.2 Å². The fourth-order valence-electron chi connectivity index (χ4n) is 4.52. The molecule has 35 heavy (non-hydrogen) atoms. The molecule has 1 unspecified atom stereocenters. The monoisotopic (exact) mass is 487 g/mol. The first-order valence-corrected chi connectivity index (χ1v) is 12.2. The quantitative estimate of drug-likeness (QED) is 0.502. The molecular formula is C28H38FNO5. The molecule has 192 valence electrons. The molecule has 0 saturated carbocycles. The van der Waals surface area contributed by atoms with Crippen LogP contribution in [0.5, 0.6) is 0 Å². The topological polar surface area (TPSA) is 68.2 Å². The van der Waals surface area contributed by atoms with E-state index in [2.05, 4.69) is 0 Å². The number of rotatable bonds is 8. The predicted octanol–water partition coefficient (Wildman–Crippen LogP) is 5.44. The van der Waals surface area contributed by atoms with Crippen molar-refractivity contribution in [2.45, 2.75) is 64.3 Å². The molecule has 2 atom stereocenters. The lowest BCUT2D eigenvalue weighted by atomic mass is 9.78. The molecule has 1 aliphatic rings. The number of unbranched alkanes of at least 4 members (excludes halogenated alkanes) is 1. The minimum absolute atomic E-state index is 0.138. The maximum absolute atomic E-state index is 15.3. The normalized spacial score (nSPS) is 18.3. The van der Waals surface area contributed by atoms with Crippen LogP contribution in [-0.4, -0.2) is 61.2 Å². The number of aryl methyl sites for hydroxylation is 1. The molecule has 1 N–H and O–H groups in total. The number of aliphatic hydroxyl groups is 1. The first-order chi connectivity index (χ1) is 16.5. The lowest BCUT2D eigenvalue weighted by Crippen LogP contribution is -2.55. The van der Waals surface area contributed by atoms with E-state index in [1.54, 1.807) is 24.1 Å². The highest BCUT2D eigenvalue weighted by atomic mass is 19.1. The maximum atomic E-state index is 15.3. The Balaban J connectivity index is 2.02. The number of benzene rings is 2. The van der Waals surface area contributed by atoms with Gasteiger partial charge < -0.3 is 24.2 Å². The number of hydrogen-bond donors (Lipinski definition) is 1. The Morgan fingerprint density at radius 3 is 2.63 bits per heavy atom. The number of hydrogen-bond acceptors (Lipinski definition) is 5. The van der Waals surface area contributed by atoms with Gasteiger partial charge in [-0.15, -0.1) is 0 Å². The average Bonchev–Trinajstić information content (AvgIpc) is 2.80. The molecule has 1 heterocycles. The third-order valence-electron chi connectivity index (χ3n) is 6.19. The molecule has 0 aliphatic carbocycles. The number of morpholine rings is 1. The number of amides is 1. The molecule has 1 fully saturated rings. The van der Waals surface area contributed by atoms with Crippen molar-refractivity contribution in [3.63, 3.8) is 0 Å². The van der Waals surface area contributed by atoms with Crippen LogP contribution < -0.4 is 0 Å². The molecule has 7 heteroatoms. The van der Waals surface area contributed by atoms with Gasteiger partial charge in [-0.2, -0.15) is 0 Å². The molecule has 2 aromatic carbocycles. The molecule has 0 aromatic heterocycles. The fraction of sp³-hybridized carbons (Fsp3) is 0.536. The predicted molar refractivity (Wildman–Crippen MR) is 134 cm³/mol. The minimum Gasteiger partial charge on any atom is -0.444 e. The number of carbonyl (C=O) groups is 1. The number of ether oxygens (including phenoxy) is 3. The Hall–Kier alpha value is -2.48. The van der Waals surface area contributed by atoms with E-state index in [1.807, 2.05) is 52.0 Å². The number of nitrogens with zero attached hydrogens (tertiary/aromatic N) is 1.